The van der Waals surface area contributed by atoms with Gasteiger partial charge in [-0.05, 0) is 101 Å². The van der Waals surface area contributed by atoms with Crippen LogP contribution in [0.5, 0.6) is 0 Å². The molecule has 0 saturated heterocycles. The summed E-state index contributed by atoms with van der Waals surface area (Å²) in [5.74, 6) is -0.0871. The molecular weight excluding hydrogens is 475 g/mol. The van der Waals surface area contributed by atoms with Gasteiger partial charge in [-0.1, -0.05) is 18.2 Å². The second-order valence-corrected chi connectivity index (χ2v) is 12.5. The highest BCUT2D eigenvalue weighted by Gasteiger charge is 2.58. The van der Waals surface area contributed by atoms with Gasteiger partial charge in [-0.2, -0.15) is 18.0 Å². The van der Waals surface area contributed by atoms with Crippen LogP contribution in [0.25, 0.3) is 0 Å². The molecule has 1 N–H and O–H groups in total. The highest BCUT2D eigenvalue weighted by Crippen LogP contribution is 2.63. The van der Waals surface area contributed by atoms with Crippen LogP contribution in [-0.4, -0.2) is 48.8 Å². The second-order valence-electron chi connectivity index (χ2n) is 10.8. The fourth-order valence-electron chi connectivity index (χ4n) is 6.11. The van der Waals surface area contributed by atoms with Gasteiger partial charge in [0, 0.05) is 31.2 Å². The summed E-state index contributed by atoms with van der Waals surface area (Å²) in [4.78, 5) is 2.29. The quantitative estimate of drug-likeness (QED) is 0.470. The molecule has 0 bridgehead atoms. The zero-order valence-corrected chi connectivity index (χ0v) is 22.4. The van der Waals surface area contributed by atoms with E-state index < -0.39 is 16.0 Å². The Hall–Kier alpha value is -2.47. The van der Waals surface area contributed by atoms with E-state index in [1.54, 1.807) is 10.4 Å². The van der Waals surface area contributed by atoms with E-state index in [4.69, 9.17) is 0 Å². The molecule has 8 heteroatoms. The summed E-state index contributed by atoms with van der Waals surface area (Å²) in [6.07, 6.45) is 3.44. The topological polar surface area (TPSA) is 76.4 Å². The molecule has 2 aliphatic carbocycles. The Morgan fingerprint density at radius 1 is 1.11 bits per heavy atom. The SMILES string of the molecule is CC(C)N(CCN([C@@H]1CC[C@]2(c3cccc(C#N)c3)C[C@@H]2C1)S(=O)(=O)Nc1cccc(F)c1)C(C)C. The Morgan fingerprint density at radius 3 is 2.47 bits per heavy atom. The molecule has 2 saturated carbocycles. The molecule has 0 aliphatic heterocycles. The van der Waals surface area contributed by atoms with E-state index in [0.717, 1.165) is 25.7 Å². The Balaban J connectivity index is 1.55. The van der Waals surface area contributed by atoms with Crippen LogP contribution in [-0.2, 0) is 15.6 Å². The lowest BCUT2D eigenvalue weighted by Gasteiger charge is -2.38. The molecular formula is C28H37FN4O2S. The van der Waals surface area contributed by atoms with Crippen molar-refractivity contribution < 1.29 is 12.8 Å². The number of anilines is 1. The number of rotatable bonds is 10. The van der Waals surface area contributed by atoms with Crippen molar-refractivity contribution in [1.82, 2.24) is 9.21 Å². The molecule has 2 fully saturated rings. The number of benzene rings is 2. The summed E-state index contributed by atoms with van der Waals surface area (Å²) in [5.41, 5.74) is 2.15. The van der Waals surface area contributed by atoms with Gasteiger partial charge in [-0.25, -0.2) is 4.39 Å². The van der Waals surface area contributed by atoms with Gasteiger partial charge in [0.2, 0.25) is 0 Å². The summed E-state index contributed by atoms with van der Waals surface area (Å²) in [6.45, 7) is 9.48. The first-order valence-electron chi connectivity index (χ1n) is 12.9. The zero-order valence-electron chi connectivity index (χ0n) is 21.6. The summed E-state index contributed by atoms with van der Waals surface area (Å²) in [5, 5.41) is 9.32. The predicted octanol–water partition coefficient (Wildman–Crippen LogP) is 5.29. The van der Waals surface area contributed by atoms with Crippen molar-refractivity contribution in [2.75, 3.05) is 17.8 Å². The molecule has 2 aromatic carbocycles. The van der Waals surface area contributed by atoms with Crippen molar-refractivity contribution in [3.63, 3.8) is 0 Å². The highest BCUT2D eigenvalue weighted by molar-refractivity contribution is 7.90. The molecule has 0 spiro atoms. The molecule has 194 valence electrons. The molecule has 4 rings (SSSR count). The van der Waals surface area contributed by atoms with E-state index in [9.17, 15) is 18.1 Å². The van der Waals surface area contributed by atoms with Gasteiger partial charge in [0.1, 0.15) is 5.82 Å². The maximum absolute atomic E-state index is 13.8. The third kappa shape index (κ3) is 5.59. The lowest BCUT2D eigenvalue weighted by atomic mass is 9.80. The molecule has 0 heterocycles. The molecule has 0 aromatic heterocycles. The van der Waals surface area contributed by atoms with Crippen LogP contribution < -0.4 is 4.72 Å². The van der Waals surface area contributed by atoms with Crippen LogP contribution in [0.3, 0.4) is 0 Å². The van der Waals surface area contributed by atoms with Crippen molar-refractivity contribution in [1.29, 1.82) is 5.26 Å². The number of fused-ring (bicyclic) bond motifs is 1. The van der Waals surface area contributed by atoms with Crippen LogP contribution in [0.4, 0.5) is 10.1 Å². The lowest BCUT2D eigenvalue weighted by molar-refractivity contribution is 0.146. The number of nitrogens with one attached hydrogen (secondary N) is 1. The van der Waals surface area contributed by atoms with Crippen LogP contribution >= 0.6 is 0 Å². The van der Waals surface area contributed by atoms with Crippen LogP contribution in [0.2, 0.25) is 0 Å². The third-order valence-electron chi connectivity index (χ3n) is 7.97. The van der Waals surface area contributed by atoms with Crippen molar-refractivity contribution in [2.24, 2.45) is 5.92 Å². The molecule has 36 heavy (non-hydrogen) atoms. The summed E-state index contributed by atoms with van der Waals surface area (Å²) in [7, 11) is -3.89. The number of halogens is 1. The Morgan fingerprint density at radius 2 is 1.83 bits per heavy atom. The average Bonchev–Trinajstić information content (AvgIpc) is 3.56. The predicted molar refractivity (Wildman–Crippen MR) is 141 cm³/mol. The summed E-state index contributed by atoms with van der Waals surface area (Å²) < 4.78 is 45.3. The first-order chi connectivity index (χ1) is 17.1. The summed E-state index contributed by atoms with van der Waals surface area (Å²) >= 11 is 0. The molecule has 0 radical (unpaired) electrons. The fourth-order valence-corrected chi connectivity index (χ4v) is 7.56. The second kappa shape index (κ2) is 10.5. The number of hydrogen-bond acceptors (Lipinski definition) is 4. The van der Waals surface area contributed by atoms with Crippen molar-refractivity contribution >= 4 is 15.9 Å². The van der Waals surface area contributed by atoms with E-state index in [1.165, 1.54) is 23.8 Å². The first kappa shape index (κ1) is 26.6. The Bertz CT molecular complexity index is 1220. The minimum Gasteiger partial charge on any atom is -0.297 e. The van der Waals surface area contributed by atoms with Gasteiger partial charge in [0.15, 0.2) is 0 Å². The standard InChI is InChI=1S/C28H37FN4O2S/c1-20(2)32(21(3)4)13-14-33(36(34,35)31-26-10-6-9-25(29)17-26)27-11-12-28(18-24(28)16-27)23-8-5-7-22(15-23)19-30/h5-10,15,17,20-21,24,27,31H,11-14,16,18H2,1-4H3/t24-,27+,28+/m0/s1. The first-order valence-corrected chi connectivity index (χ1v) is 14.3. The number of hydrogen-bond donors (Lipinski definition) is 1. The maximum Gasteiger partial charge on any atom is 0.301 e. The number of nitrogens with zero attached hydrogens (tertiary/aromatic N) is 3. The molecule has 2 aliphatic rings. The number of nitriles is 1. The Labute approximate surface area is 215 Å². The molecule has 0 amide bonds. The third-order valence-corrected chi connectivity index (χ3v) is 9.56. The Kier molecular flexibility index (Phi) is 7.75. The van der Waals surface area contributed by atoms with Gasteiger partial charge in [0.25, 0.3) is 0 Å². The van der Waals surface area contributed by atoms with Crippen LogP contribution in [0, 0.1) is 23.1 Å². The van der Waals surface area contributed by atoms with E-state index in [0.29, 0.717) is 36.7 Å². The fraction of sp³-hybridized carbons (Fsp3) is 0.536. The summed E-state index contributed by atoms with van der Waals surface area (Å²) in [6, 6.07) is 16.1. The monoisotopic (exact) mass is 512 g/mol. The molecule has 6 nitrogen and oxygen atoms in total. The van der Waals surface area contributed by atoms with Crippen LogP contribution in [0.1, 0.15) is 64.5 Å². The van der Waals surface area contributed by atoms with Gasteiger partial charge < -0.3 is 0 Å². The van der Waals surface area contributed by atoms with E-state index >= 15 is 0 Å². The maximum atomic E-state index is 13.8. The van der Waals surface area contributed by atoms with Crippen molar-refractivity contribution in [3.8, 4) is 6.07 Å². The van der Waals surface area contributed by atoms with Gasteiger partial charge >= 0.3 is 10.2 Å². The smallest absolute Gasteiger partial charge is 0.297 e. The van der Waals surface area contributed by atoms with Crippen molar-refractivity contribution in [3.05, 3.63) is 65.5 Å². The normalized spacial score (nSPS) is 23.7. The minimum atomic E-state index is -3.89. The average molecular weight is 513 g/mol. The molecule has 2 aromatic rings. The molecule has 0 unspecified atom stereocenters. The largest absolute Gasteiger partial charge is 0.301 e. The van der Waals surface area contributed by atoms with E-state index in [2.05, 4.69) is 49.5 Å². The van der Waals surface area contributed by atoms with Crippen LogP contribution in [0.15, 0.2) is 48.5 Å². The van der Waals surface area contributed by atoms with E-state index in [-0.39, 0.29) is 17.1 Å². The highest BCUT2D eigenvalue weighted by atomic mass is 32.2. The van der Waals surface area contributed by atoms with Gasteiger partial charge in [0.05, 0.1) is 17.3 Å². The zero-order chi connectivity index (χ0) is 26.1. The van der Waals surface area contributed by atoms with E-state index in [1.807, 2.05) is 18.2 Å². The minimum absolute atomic E-state index is 0.0523. The lowest BCUT2D eigenvalue weighted by Crippen LogP contribution is -2.50. The van der Waals surface area contributed by atoms with Crippen molar-refractivity contribution in [2.45, 2.75) is 76.9 Å². The van der Waals surface area contributed by atoms with Gasteiger partial charge in [-0.15, -0.1) is 0 Å². The molecule has 3 atom stereocenters. The van der Waals surface area contributed by atoms with Gasteiger partial charge in [-0.3, -0.25) is 9.62 Å².